The smallest absolute Gasteiger partial charge is 0.231 e. The van der Waals surface area contributed by atoms with Crippen LogP contribution in [-0.2, 0) is 4.79 Å². The minimum atomic E-state index is 0.0233. The van der Waals surface area contributed by atoms with E-state index in [2.05, 4.69) is 19.2 Å². The second kappa shape index (κ2) is 7.17. The van der Waals surface area contributed by atoms with Crippen LogP contribution in [0.25, 0.3) is 0 Å². The summed E-state index contributed by atoms with van der Waals surface area (Å²) in [5.74, 6) is 0.561. The summed E-state index contributed by atoms with van der Waals surface area (Å²) in [5.41, 5.74) is 0.978. The quantitative estimate of drug-likeness (QED) is 0.839. The fourth-order valence-electron chi connectivity index (χ4n) is 2.10. The van der Waals surface area contributed by atoms with Crippen molar-refractivity contribution in [3.8, 4) is 0 Å². The molecule has 0 aromatic heterocycles. The molecule has 0 aliphatic heterocycles. The summed E-state index contributed by atoms with van der Waals surface area (Å²) >= 11 is 0. The van der Waals surface area contributed by atoms with Crippen LogP contribution in [0.5, 0.6) is 0 Å². The number of anilines is 1. The second-order valence-corrected chi connectivity index (χ2v) is 4.83. The molecule has 0 spiro atoms. The molecule has 1 unspecified atom stereocenters. The van der Waals surface area contributed by atoms with Crippen LogP contribution in [-0.4, -0.2) is 26.0 Å². The lowest BCUT2D eigenvalue weighted by Crippen LogP contribution is -2.42. The van der Waals surface area contributed by atoms with Crippen molar-refractivity contribution in [3.05, 3.63) is 30.3 Å². The number of carbonyl (C=O) groups is 1. The molecule has 0 radical (unpaired) electrons. The molecule has 100 valence electrons. The predicted octanol–water partition coefficient (Wildman–Crippen LogP) is 2.53. The van der Waals surface area contributed by atoms with Gasteiger partial charge in [-0.15, -0.1) is 0 Å². The Morgan fingerprint density at radius 1 is 1.28 bits per heavy atom. The molecule has 0 heterocycles. The molecule has 1 atom stereocenters. The number of nitrogens with one attached hydrogen (secondary N) is 1. The highest BCUT2D eigenvalue weighted by atomic mass is 16.2. The van der Waals surface area contributed by atoms with Crippen LogP contribution in [0, 0.1) is 11.8 Å². The molecule has 0 fully saturated rings. The Kier molecular flexibility index (Phi) is 5.86. The zero-order chi connectivity index (χ0) is 13.5. The SMILES string of the molecule is CCN(C(=O)C(CNC)C(C)C)c1ccccc1. The zero-order valence-electron chi connectivity index (χ0n) is 11.8. The third-order valence-electron chi connectivity index (χ3n) is 3.20. The van der Waals surface area contributed by atoms with Crippen LogP contribution in [0.15, 0.2) is 30.3 Å². The van der Waals surface area contributed by atoms with Crippen molar-refractivity contribution in [3.63, 3.8) is 0 Å². The van der Waals surface area contributed by atoms with Gasteiger partial charge < -0.3 is 10.2 Å². The number of rotatable bonds is 6. The van der Waals surface area contributed by atoms with Gasteiger partial charge in [0.15, 0.2) is 0 Å². The van der Waals surface area contributed by atoms with Gasteiger partial charge in [-0.05, 0) is 32.0 Å². The maximum absolute atomic E-state index is 12.6. The molecule has 0 bridgehead atoms. The van der Waals surface area contributed by atoms with E-state index in [9.17, 15) is 4.79 Å². The Morgan fingerprint density at radius 3 is 2.33 bits per heavy atom. The molecule has 0 saturated heterocycles. The minimum Gasteiger partial charge on any atom is -0.319 e. The number of hydrogen-bond acceptors (Lipinski definition) is 2. The normalized spacial score (nSPS) is 12.5. The highest BCUT2D eigenvalue weighted by Crippen LogP contribution is 2.19. The Hall–Kier alpha value is -1.35. The fraction of sp³-hybridized carbons (Fsp3) is 0.533. The third-order valence-corrected chi connectivity index (χ3v) is 3.20. The van der Waals surface area contributed by atoms with Gasteiger partial charge in [0.2, 0.25) is 5.91 Å². The van der Waals surface area contributed by atoms with Crippen molar-refractivity contribution in [2.24, 2.45) is 11.8 Å². The van der Waals surface area contributed by atoms with Gasteiger partial charge in [0, 0.05) is 18.8 Å². The van der Waals surface area contributed by atoms with Gasteiger partial charge in [-0.1, -0.05) is 32.0 Å². The van der Waals surface area contributed by atoms with Crippen molar-refractivity contribution >= 4 is 11.6 Å². The topological polar surface area (TPSA) is 32.3 Å². The average molecular weight is 248 g/mol. The van der Waals surface area contributed by atoms with E-state index in [0.717, 1.165) is 12.2 Å². The Bertz CT molecular complexity index is 362. The lowest BCUT2D eigenvalue weighted by Gasteiger charge is -2.28. The standard InChI is InChI=1S/C15H24N2O/c1-5-17(13-9-7-6-8-10-13)15(18)14(11-16-4)12(2)3/h6-10,12,14,16H,5,11H2,1-4H3. The molecule has 1 rings (SSSR count). The fourth-order valence-corrected chi connectivity index (χ4v) is 2.10. The number of nitrogens with zero attached hydrogens (tertiary/aromatic N) is 1. The molecule has 1 N–H and O–H groups in total. The molecule has 1 amide bonds. The van der Waals surface area contributed by atoms with Gasteiger partial charge in [-0.3, -0.25) is 4.79 Å². The van der Waals surface area contributed by atoms with Crippen LogP contribution in [0.4, 0.5) is 5.69 Å². The Labute approximate surface area is 110 Å². The molecule has 0 saturated carbocycles. The molecule has 0 aliphatic carbocycles. The summed E-state index contributed by atoms with van der Waals surface area (Å²) in [6, 6.07) is 9.87. The van der Waals surface area contributed by atoms with Crippen LogP contribution >= 0.6 is 0 Å². The van der Waals surface area contributed by atoms with Gasteiger partial charge in [0.1, 0.15) is 0 Å². The Balaban J connectivity index is 2.90. The molecule has 1 aromatic carbocycles. The highest BCUT2D eigenvalue weighted by molar-refractivity contribution is 5.95. The first kappa shape index (κ1) is 14.7. The second-order valence-electron chi connectivity index (χ2n) is 4.83. The van der Waals surface area contributed by atoms with E-state index in [1.54, 1.807) is 0 Å². The summed E-state index contributed by atoms with van der Waals surface area (Å²) < 4.78 is 0. The van der Waals surface area contributed by atoms with E-state index >= 15 is 0 Å². The van der Waals surface area contributed by atoms with Crippen LogP contribution in [0.1, 0.15) is 20.8 Å². The molecular formula is C15H24N2O. The Morgan fingerprint density at radius 2 is 1.89 bits per heavy atom. The maximum atomic E-state index is 12.6. The van der Waals surface area contributed by atoms with Crippen LogP contribution in [0.3, 0.4) is 0 Å². The first-order valence-corrected chi connectivity index (χ1v) is 6.62. The van der Waals surface area contributed by atoms with Gasteiger partial charge in [0.25, 0.3) is 0 Å². The number of para-hydroxylation sites is 1. The molecule has 1 aromatic rings. The van der Waals surface area contributed by atoms with Gasteiger partial charge >= 0.3 is 0 Å². The molecular weight excluding hydrogens is 224 g/mol. The number of hydrogen-bond donors (Lipinski definition) is 1. The summed E-state index contributed by atoms with van der Waals surface area (Å²) in [6.07, 6.45) is 0. The first-order chi connectivity index (χ1) is 8.61. The summed E-state index contributed by atoms with van der Waals surface area (Å²) in [6.45, 7) is 7.63. The van der Waals surface area contributed by atoms with E-state index < -0.39 is 0 Å². The van der Waals surface area contributed by atoms with E-state index in [0.29, 0.717) is 12.5 Å². The molecule has 3 heteroatoms. The van der Waals surface area contributed by atoms with E-state index in [4.69, 9.17) is 0 Å². The lowest BCUT2D eigenvalue weighted by atomic mass is 9.94. The largest absolute Gasteiger partial charge is 0.319 e. The van der Waals surface area contributed by atoms with Crippen molar-refractivity contribution in [2.75, 3.05) is 25.0 Å². The van der Waals surface area contributed by atoms with E-state index in [-0.39, 0.29) is 11.8 Å². The molecule has 0 aliphatic rings. The van der Waals surface area contributed by atoms with Crippen LogP contribution < -0.4 is 10.2 Å². The van der Waals surface area contributed by atoms with E-state index in [1.807, 2.05) is 49.2 Å². The average Bonchev–Trinajstić information content (AvgIpc) is 2.37. The zero-order valence-corrected chi connectivity index (χ0v) is 11.8. The van der Waals surface area contributed by atoms with Crippen LogP contribution in [0.2, 0.25) is 0 Å². The minimum absolute atomic E-state index is 0.0233. The highest BCUT2D eigenvalue weighted by Gasteiger charge is 2.26. The lowest BCUT2D eigenvalue weighted by molar-refractivity contribution is -0.123. The number of benzene rings is 1. The monoisotopic (exact) mass is 248 g/mol. The first-order valence-electron chi connectivity index (χ1n) is 6.62. The van der Waals surface area contributed by atoms with Crippen molar-refractivity contribution in [1.82, 2.24) is 5.32 Å². The molecule has 18 heavy (non-hydrogen) atoms. The number of carbonyl (C=O) groups excluding carboxylic acids is 1. The number of amides is 1. The van der Waals surface area contributed by atoms with Crippen molar-refractivity contribution in [2.45, 2.75) is 20.8 Å². The summed E-state index contributed by atoms with van der Waals surface area (Å²) in [7, 11) is 1.89. The van der Waals surface area contributed by atoms with Gasteiger partial charge in [0.05, 0.1) is 5.92 Å². The van der Waals surface area contributed by atoms with Gasteiger partial charge in [-0.2, -0.15) is 0 Å². The van der Waals surface area contributed by atoms with Crippen molar-refractivity contribution < 1.29 is 4.79 Å². The van der Waals surface area contributed by atoms with Crippen molar-refractivity contribution in [1.29, 1.82) is 0 Å². The summed E-state index contributed by atoms with van der Waals surface area (Å²) in [4.78, 5) is 14.5. The maximum Gasteiger partial charge on any atom is 0.231 e. The van der Waals surface area contributed by atoms with Gasteiger partial charge in [-0.25, -0.2) is 0 Å². The third kappa shape index (κ3) is 3.57. The summed E-state index contributed by atoms with van der Waals surface area (Å²) in [5, 5.41) is 3.11. The van der Waals surface area contributed by atoms with E-state index in [1.165, 1.54) is 0 Å². The predicted molar refractivity (Wildman–Crippen MR) is 76.7 cm³/mol. The molecule has 3 nitrogen and oxygen atoms in total.